The van der Waals surface area contributed by atoms with Crippen LogP contribution in [0.2, 0.25) is 0 Å². The number of benzene rings is 10. The van der Waals surface area contributed by atoms with E-state index in [1.807, 2.05) is 0 Å². The highest BCUT2D eigenvalue weighted by Gasteiger charge is 2.11. The minimum absolute atomic E-state index is 1.23. The number of fused-ring (bicyclic) bond motifs is 10. The summed E-state index contributed by atoms with van der Waals surface area (Å²) in [6.07, 6.45) is 0. The van der Waals surface area contributed by atoms with Gasteiger partial charge < -0.3 is 0 Å². The zero-order valence-corrected chi connectivity index (χ0v) is 26.3. The molecule has 10 aromatic carbocycles. The quantitative estimate of drug-likeness (QED) is 0.176. The molecule has 0 bridgehead atoms. The highest BCUT2D eigenvalue weighted by Crippen LogP contribution is 2.38. The molecule has 10 aromatic rings. The Balaban J connectivity index is 1.03. The van der Waals surface area contributed by atoms with Crippen molar-refractivity contribution in [2.24, 2.45) is 0 Å². The van der Waals surface area contributed by atoms with Crippen LogP contribution in [0.25, 0.3) is 98.0 Å². The molecule has 0 nitrogen and oxygen atoms in total. The summed E-state index contributed by atoms with van der Waals surface area (Å²) >= 11 is 0. The van der Waals surface area contributed by atoms with Crippen molar-refractivity contribution >= 4 is 64.6 Å². The molecule has 222 valence electrons. The van der Waals surface area contributed by atoms with Gasteiger partial charge >= 0.3 is 0 Å². The summed E-state index contributed by atoms with van der Waals surface area (Å²) in [6, 6.07) is 67.1. The molecule has 48 heavy (non-hydrogen) atoms. The minimum Gasteiger partial charge on any atom is -0.0616 e. The molecule has 0 aromatic heterocycles. The Labute approximate surface area is 279 Å². The van der Waals surface area contributed by atoms with Gasteiger partial charge in [-0.15, -0.1) is 0 Å². The van der Waals surface area contributed by atoms with Crippen LogP contribution >= 0.6 is 0 Å². The van der Waals surface area contributed by atoms with Crippen molar-refractivity contribution < 1.29 is 0 Å². The first-order valence-corrected chi connectivity index (χ1v) is 16.7. The smallest absolute Gasteiger partial charge is 0.00928 e. The first-order valence-electron chi connectivity index (χ1n) is 16.7. The van der Waals surface area contributed by atoms with Crippen molar-refractivity contribution in [2.75, 3.05) is 0 Å². The molecule has 0 aliphatic heterocycles. The molecule has 0 saturated carbocycles. The van der Waals surface area contributed by atoms with E-state index >= 15 is 0 Å². The Kier molecular flexibility index (Phi) is 5.98. The standard InChI is InChI=1S/C48H30/c1-2-9-32-26-35(17-16-31(32)8-1)33-10-7-11-34(27-33)36-20-23-41-39(28-36)18-19-40-29-37(21-24-42(40)41)38-22-25-47-45-14-4-3-12-43(45)44-13-5-6-15-46(44)48(47)30-38/h1-30H. The van der Waals surface area contributed by atoms with Gasteiger partial charge in [0.1, 0.15) is 0 Å². The third-order valence-corrected chi connectivity index (χ3v) is 10.2. The third-order valence-electron chi connectivity index (χ3n) is 10.2. The molecule has 10 rings (SSSR count). The van der Waals surface area contributed by atoms with E-state index in [1.165, 1.54) is 98.0 Å². The molecule has 0 saturated heterocycles. The average Bonchev–Trinajstić information content (AvgIpc) is 3.17. The van der Waals surface area contributed by atoms with Crippen molar-refractivity contribution in [3.63, 3.8) is 0 Å². The van der Waals surface area contributed by atoms with Crippen LogP contribution in [0.4, 0.5) is 0 Å². The lowest BCUT2D eigenvalue weighted by Crippen LogP contribution is -1.86. The Bertz CT molecular complexity index is 2860. The molecule has 0 radical (unpaired) electrons. The summed E-state index contributed by atoms with van der Waals surface area (Å²) in [7, 11) is 0. The molecular formula is C48H30. The number of hydrogen-bond acceptors (Lipinski definition) is 0. The summed E-state index contributed by atoms with van der Waals surface area (Å²) in [5, 5.41) is 15.5. The van der Waals surface area contributed by atoms with Crippen LogP contribution in [-0.2, 0) is 0 Å². The van der Waals surface area contributed by atoms with Gasteiger partial charge in [0, 0.05) is 0 Å². The molecule has 0 spiro atoms. The number of hydrogen-bond donors (Lipinski definition) is 0. The largest absolute Gasteiger partial charge is 0.0616 e. The van der Waals surface area contributed by atoms with E-state index in [-0.39, 0.29) is 0 Å². The summed E-state index contributed by atoms with van der Waals surface area (Å²) in [4.78, 5) is 0. The molecule has 0 aliphatic rings. The van der Waals surface area contributed by atoms with Crippen LogP contribution in [0.5, 0.6) is 0 Å². The van der Waals surface area contributed by atoms with Gasteiger partial charge in [0.2, 0.25) is 0 Å². The highest BCUT2D eigenvalue weighted by molar-refractivity contribution is 6.25. The molecule has 0 amide bonds. The van der Waals surface area contributed by atoms with Gasteiger partial charge in [0.25, 0.3) is 0 Å². The van der Waals surface area contributed by atoms with E-state index < -0.39 is 0 Å². The predicted molar refractivity (Wildman–Crippen MR) is 208 cm³/mol. The van der Waals surface area contributed by atoms with E-state index in [2.05, 4.69) is 182 Å². The van der Waals surface area contributed by atoms with Crippen molar-refractivity contribution in [2.45, 2.75) is 0 Å². The van der Waals surface area contributed by atoms with Crippen LogP contribution in [0, 0.1) is 0 Å². The van der Waals surface area contributed by atoms with Gasteiger partial charge in [0.15, 0.2) is 0 Å². The summed E-state index contributed by atoms with van der Waals surface area (Å²) in [5.41, 5.74) is 7.42. The fraction of sp³-hybridized carbons (Fsp3) is 0. The first kappa shape index (κ1) is 26.9. The lowest BCUT2D eigenvalue weighted by Gasteiger charge is -2.13. The van der Waals surface area contributed by atoms with E-state index in [0.29, 0.717) is 0 Å². The zero-order valence-electron chi connectivity index (χ0n) is 26.3. The SMILES string of the molecule is c1cc(-c2ccc3ccccc3c2)cc(-c2ccc3c(ccc4cc(-c5ccc6c7ccccc7c7ccccc7c6c5)ccc43)c2)c1. The van der Waals surface area contributed by atoms with Gasteiger partial charge in [-0.05, 0) is 128 Å². The molecule has 0 fully saturated rings. The van der Waals surface area contributed by atoms with E-state index in [0.717, 1.165) is 0 Å². The highest BCUT2D eigenvalue weighted by atomic mass is 14.1. The number of rotatable bonds is 3. The monoisotopic (exact) mass is 606 g/mol. The fourth-order valence-corrected chi connectivity index (χ4v) is 7.76. The van der Waals surface area contributed by atoms with Crippen molar-refractivity contribution in [1.82, 2.24) is 0 Å². The van der Waals surface area contributed by atoms with Crippen LogP contribution in [0.15, 0.2) is 182 Å². The van der Waals surface area contributed by atoms with Crippen molar-refractivity contribution in [1.29, 1.82) is 0 Å². The summed E-state index contributed by atoms with van der Waals surface area (Å²) in [5.74, 6) is 0. The fourth-order valence-electron chi connectivity index (χ4n) is 7.76. The topological polar surface area (TPSA) is 0 Å². The maximum atomic E-state index is 2.38. The normalized spacial score (nSPS) is 11.8. The lowest BCUT2D eigenvalue weighted by molar-refractivity contribution is 1.61. The predicted octanol–water partition coefficient (Wildman–Crippen LogP) is 13.6. The molecule has 0 N–H and O–H groups in total. The molecular weight excluding hydrogens is 577 g/mol. The van der Waals surface area contributed by atoms with Crippen LogP contribution in [0.3, 0.4) is 0 Å². The second-order valence-corrected chi connectivity index (χ2v) is 12.9. The Morgan fingerprint density at radius 3 is 1.12 bits per heavy atom. The summed E-state index contributed by atoms with van der Waals surface area (Å²) < 4.78 is 0. The second kappa shape index (κ2) is 10.7. The van der Waals surface area contributed by atoms with E-state index in [4.69, 9.17) is 0 Å². The van der Waals surface area contributed by atoms with Gasteiger partial charge in [-0.3, -0.25) is 0 Å². The molecule has 0 heterocycles. The van der Waals surface area contributed by atoms with Crippen molar-refractivity contribution in [3.8, 4) is 33.4 Å². The first-order chi connectivity index (χ1) is 23.8. The van der Waals surface area contributed by atoms with Crippen molar-refractivity contribution in [3.05, 3.63) is 182 Å². The van der Waals surface area contributed by atoms with Gasteiger partial charge in [0.05, 0.1) is 0 Å². The average molecular weight is 607 g/mol. The van der Waals surface area contributed by atoms with Crippen LogP contribution in [0.1, 0.15) is 0 Å². The molecule has 0 atom stereocenters. The zero-order chi connectivity index (χ0) is 31.6. The Morgan fingerprint density at radius 1 is 0.167 bits per heavy atom. The van der Waals surface area contributed by atoms with E-state index in [1.54, 1.807) is 0 Å². The van der Waals surface area contributed by atoms with Gasteiger partial charge in [-0.2, -0.15) is 0 Å². The second-order valence-electron chi connectivity index (χ2n) is 12.9. The van der Waals surface area contributed by atoms with Crippen LogP contribution < -0.4 is 0 Å². The minimum atomic E-state index is 1.23. The lowest BCUT2D eigenvalue weighted by atomic mass is 9.91. The third kappa shape index (κ3) is 4.31. The van der Waals surface area contributed by atoms with E-state index in [9.17, 15) is 0 Å². The molecule has 0 aliphatic carbocycles. The maximum Gasteiger partial charge on any atom is -0.00928 e. The van der Waals surface area contributed by atoms with Crippen LogP contribution in [-0.4, -0.2) is 0 Å². The molecule has 0 heteroatoms. The van der Waals surface area contributed by atoms with Gasteiger partial charge in [-0.1, -0.05) is 152 Å². The maximum absolute atomic E-state index is 2.38. The molecule has 0 unspecified atom stereocenters. The summed E-state index contributed by atoms with van der Waals surface area (Å²) in [6.45, 7) is 0. The van der Waals surface area contributed by atoms with Gasteiger partial charge in [-0.25, -0.2) is 0 Å². The Morgan fingerprint density at radius 2 is 0.542 bits per heavy atom. The Hall–Kier alpha value is -6.24.